The molecule has 3 nitrogen and oxygen atoms in total. The lowest BCUT2D eigenvalue weighted by Crippen LogP contribution is -2.33. The Morgan fingerprint density at radius 3 is 2.87 bits per heavy atom. The highest BCUT2D eigenvalue weighted by Gasteiger charge is 2.25. The smallest absolute Gasteiger partial charge is 0.180 e. The third-order valence-electron chi connectivity index (χ3n) is 3.40. The molecule has 1 saturated carbocycles. The van der Waals surface area contributed by atoms with Crippen LogP contribution in [0.25, 0.3) is 0 Å². The SMILES string of the molecule is CC1(CNCc2cnco2)CCCCC1. The van der Waals surface area contributed by atoms with Gasteiger partial charge in [0.05, 0.1) is 12.7 Å². The third-order valence-corrected chi connectivity index (χ3v) is 3.40. The summed E-state index contributed by atoms with van der Waals surface area (Å²) >= 11 is 0. The van der Waals surface area contributed by atoms with E-state index in [1.54, 1.807) is 6.20 Å². The standard InChI is InChI=1S/C12H20N2O/c1-12(5-3-2-4-6-12)9-13-7-11-8-14-10-15-11/h8,10,13H,2-7,9H2,1H3. The van der Waals surface area contributed by atoms with Crippen molar-refractivity contribution in [2.24, 2.45) is 5.41 Å². The second-order valence-corrected chi connectivity index (χ2v) is 4.94. The molecule has 0 unspecified atom stereocenters. The molecule has 0 aromatic carbocycles. The van der Waals surface area contributed by atoms with Crippen LogP contribution in [-0.2, 0) is 6.54 Å². The first-order valence-electron chi connectivity index (χ1n) is 5.87. The molecule has 0 spiro atoms. The molecule has 1 heterocycles. The van der Waals surface area contributed by atoms with E-state index in [0.29, 0.717) is 5.41 Å². The molecular formula is C12H20N2O. The van der Waals surface area contributed by atoms with Crippen molar-refractivity contribution in [3.63, 3.8) is 0 Å². The van der Waals surface area contributed by atoms with Gasteiger partial charge in [0.1, 0.15) is 5.76 Å². The van der Waals surface area contributed by atoms with Gasteiger partial charge in [-0.2, -0.15) is 0 Å². The number of nitrogens with zero attached hydrogens (tertiary/aromatic N) is 1. The van der Waals surface area contributed by atoms with E-state index in [1.807, 2.05) is 0 Å². The number of nitrogens with one attached hydrogen (secondary N) is 1. The van der Waals surface area contributed by atoms with Crippen molar-refractivity contribution < 1.29 is 4.42 Å². The Morgan fingerprint density at radius 2 is 2.20 bits per heavy atom. The predicted molar refractivity (Wildman–Crippen MR) is 59.4 cm³/mol. The summed E-state index contributed by atoms with van der Waals surface area (Å²) in [6.07, 6.45) is 10.2. The van der Waals surface area contributed by atoms with Crippen LogP contribution in [0, 0.1) is 5.41 Å². The number of hydrogen-bond donors (Lipinski definition) is 1. The summed E-state index contributed by atoms with van der Waals surface area (Å²) in [4.78, 5) is 3.90. The van der Waals surface area contributed by atoms with Crippen molar-refractivity contribution in [1.82, 2.24) is 10.3 Å². The fraction of sp³-hybridized carbons (Fsp3) is 0.750. The maximum Gasteiger partial charge on any atom is 0.180 e. The van der Waals surface area contributed by atoms with E-state index in [0.717, 1.165) is 18.8 Å². The van der Waals surface area contributed by atoms with Crippen molar-refractivity contribution in [2.75, 3.05) is 6.54 Å². The van der Waals surface area contributed by atoms with Crippen molar-refractivity contribution in [3.05, 3.63) is 18.4 Å². The van der Waals surface area contributed by atoms with Gasteiger partial charge in [-0.1, -0.05) is 26.2 Å². The zero-order chi connectivity index (χ0) is 10.6. The lowest BCUT2D eigenvalue weighted by Gasteiger charge is -2.33. The summed E-state index contributed by atoms with van der Waals surface area (Å²) in [7, 11) is 0. The minimum atomic E-state index is 0.498. The predicted octanol–water partition coefficient (Wildman–Crippen LogP) is 2.73. The molecule has 1 aromatic heterocycles. The summed E-state index contributed by atoms with van der Waals surface area (Å²) in [6, 6.07) is 0. The molecule has 0 aliphatic heterocycles. The number of hydrogen-bond acceptors (Lipinski definition) is 3. The zero-order valence-electron chi connectivity index (χ0n) is 9.46. The first-order valence-corrected chi connectivity index (χ1v) is 5.87. The van der Waals surface area contributed by atoms with Crippen LogP contribution in [0.1, 0.15) is 44.8 Å². The minimum Gasteiger partial charge on any atom is -0.447 e. The first kappa shape index (κ1) is 10.7. The van der Waals surface area contributed by atoms with Crippen molar-refractivity contribution >= 4 is 0 Å². The molecule has 1 aliphatic rings. The Balaban J connectivity index is 1.72. The Hall–Kier alpha value is -0.830. The second-order valence-electron chi connectivity index (χ2n) is 4.94. The lowest BCUT2D eigenvalue weighted by atomic mass is 9.76. The average molecular weight is 208 g/mol. The topological polar surface area (TPSA) is 38.1 Å². The molecule has 0 atom stereocenters. The summed E-state index contributed by atoms with van der Waals surface area (Å²) in [5.41, 5.74) is 0.498. The van der Waals surface area contributed by atoms with Crippen LogP contribution in [-0.4, -0.2) is 11.5 Å². The van der Waals surface area contributed by atoms with Crippen molar-refractivity contribution in [1.29, 1.82) is 0 Å². The van der Waals surface area contributed by atoms with E-state index in [2.05, 4.69) is 17.2 Å². The molecule has 0 amide bonds. The average Bonchev–Trinajstić information content (AvgIpc) is 2.71. The van der Waals surface area contributed by atoms with E-state index in [-0.39, 0.29) is 0 Å². The Morgan fingerprint density at radius 1 is 1.40 bits per heavy atom. The maximum atomic E-state index is 5.18. The summed E-state index contributed by atoms with van der Waals surface area (Å²) in [6.45, 7) is 4.28. The molecule has 1 aromatic rings. The van der Waals surface area contributed by atoms with E-state index < -0.39 is 0 Å². The molecule has 1 aliphatic carbocycles. The van der Waals surface area contributed by atoms with E-state index in [1.165, 1.54) is 38.5 Å². The molecule has 1 fully saturated rings. The van der Waals surface area contributed by atoms with Gasteiger partial charge >= 0.3 is 0 Å². The van der Waals surface area contributed by atoms with Crippen LogP contribution in [0.2, 0.25) is 0 Å². The van der Waals surface area contributed by atoms with Gasteiger partial charge in [-0.3, -0.25) is 0 Å². The second kappa shape index (κ2) is 4.79. The highest BCUT2D eigenvalue weighted by Crippen LogP contribution is 2.34. The van der Waals surface area contributed by atoms with Crippen molar-refractivity contribution in [3.8, 4) is 0 Å². The third kappa shape index (κ3) is 3.06. The van der Waals surface area contributed by atoms with Crippen LogP contribution in [0.3, 0.4) is 0 Å². The van der Waals surface area contributed by atoms with Gasteiger partial charge in [-0.15, -0.1) is 0 Å². The lowest BCUT2D eigenvalue weighted by molar-refractivity contribution is 0.206. The maximum absolute atomic E-state index is 5.18. The van der Waals surface area contributed by atoms with E-state index >= 15 is 0 Å². The van der Waals surface area contributed by atoms with Crippen LogP contribution < -0.4 is 5.32 Å². The highest BCUT2D eigenvalue weighted by atomic mass is 16.3. The fourth-order valence-electron chi connectivity index (χ4n) is 2.40. The van der Waals surface area contributed by atoms with Crippen LogP contribution in [0.15, 0.2) is 17.0 Å². The Kier molecular flexibility index (Phi) is 3.41. The van der Waals surface area contributed by atoms with Gasteiger partial charge in [-0.25, -0.2) is 4.98 Å². The summed E-state index contributed by atoms with van der Waals surface area (Å²) < 4.78 is 5.18. The van der Waals surface area contributed by atoms with Crippen LogP contribution >= 0.6 is 0 Å². The van der Waals surface area contributed by atoms with Gasteiger partial charge in [-0.05, 0) is 18.3 Å². The van der Waals surface area contributed by atoms with Crippen molar-refractivity contribution in [2.45, 2.75) is 45.6 Å². The normalized spacial score (nSPS) is 20.3. The van der Waals surface area contributed by atoms with Gasteiger partial charge < -0.3 is 9.73 Å². The monoisotopic (exact) mass is 208 g/mol. The van der Waals surface area contributed by atoms with E-state index in [9.17, 15) is 0 Å². The Labute approximate surface area is 91.3 Å². The molecule has 0 bridgehead atoms. The van der Waals surface area contributed by atoms with Crippen LogP contribution in [0.5, 0.6) is 0 Å². The van der Waals surface area contributed by atoms with Gasteiger partial charge in [0.2, 0.25) is 0 Å². The molecule has 1 N–H and O–H groups in total. The van der Waals surface area contributed by atoms with Gasteiger partial charge in [0, 0.05) is 6.54 Å². The molecular weight excluding hydrogens is 188 g/mol. The quantitative estimate of drug-likeness (QED) is 0.826. The molecule has 2 rings (SSSR count). The fourth-order valence-corrected chi connectivity index (χ4v) is 2.40. The number of oxazole rings is 1. The van der Waals surface area contributed by atoms with Crippen LogP contribution in [0.4, 0.5) is 0 Å². The number of rotatable bonds is 4. The minimum absolute atomic E-state index is 0.498. The van der Waals surface area contributed by atoms with E-state index in [4.69, 9.17) is 4.42 Å². The molecule has 0 radical (unpaired) electrons. The molecule has 3 heteroatoms. The Bertz CT molecular complexity index is 276. The highest BCUT2D eigenvalue weighted by molar-refractivity contribution is 4.88. The summed E-state index contributed by atoms with van der Waals surface area (Å²) in [5, 5.41) is 3.46. The zero-order valence-corrected chi connectivity index (χ0v) is 9.46. The van der Waals surface area contributed by atoms with Gasteiger partial charge in [0.15, 0.2) is 6.39 Å². The molecule has 15 heavy (non-hydrogen) atoms. The largest absolute Gasteiger partial charge is 0.447 e. The first-order chi connectivity index (χ1) is 7.29. The molecule has 84 valence electrons. The number of aromatic nitrogens is 1. The molecule has 0 saturated heterocycles. The van der Waals surface area contributed by atoms with Gasteiger partial charge in [0.25, 0.3) is 0 Å². The summed E-state index contributed by atoms with van der Waals surface area (Å²) in [5.74, 6) is 0.925.